The zero-order valence-electron chi connectivity index (χ0n) is 17.5. The van der Waals surface area contributed by atoms with Crippen LogP contribution in [0.4, 0.5) is 0 Å². The molecule has 0 bridgehead atoms. The fourth-order valence-electron chi connectivity index (χ4n) is 5.25. The minimum absolute atomic E-state index is 0.310. The summed E-state index contributed by atoms with van der Waals surface area (Å²) in [6.45, 7) is 8.17. The first kappa shape index (κ1) is 19.7. The van der Waals surface area contributed by atoms with E-state index in [2.05, 4.69) is 37.2 Å². The summed E-state index contributed by atoms with van der Waals surface area (Å²) in [5, 5.41) is 15.8. The number of aromatic nitrogens is 3. The van der Waals surface area contributed by atoms with E-state index in [0.717, 1.165) is 43.7 Å². The lowest BCUT2D eigenvalue weighted by Crippen LogP contribution is -2.59. The van der Waals surface area contributed by atoms with E-state index in [4.69, 9.17) is 4.99 Å². The summed E-state index contributed by atoms with van der Waals surface area (Å²) in [4.78, 5) is 7.64. The molecule has 0 aromatic carbocycles. The normalized spacial score (nSPS) is 22.8. The molecule has 0 unspecified atom stereocenters. The molecule has 7 heteroatoms. The van der Waals surface area contributed by atoms with Crippen LogP contribution < -0.4 is 10.6 Å². The van der Waals surface area contributed by atoms with E-state index in [9.17, 15) is 0 Å². The van der Waals surface area contributed by atoms with E-state index >= 15 is 0 Å². The number of piperidine rings is 1. The SMILES string of the molecule is CCNC(=NCc1nnc2n1CCC2)NCC1(N2CCCCC2)CCCCC1. The number of hydrogen-bond acceptors (Lipinski definition) is 4. The first-order valence-corrected chi connectivity index (χ1v) is 11.5. The molecule has 1 aromatic rings. The van der Waals surface area contributed by atoms with Crippen molar-refractivity contribution in [2.75, 3.05) is 26.2 Å². The standard InChI is InChI=1S/C21H37N7/c1-2-22-20(23-16-19-26-25-18-10-9-15-28(18)19)24-17-21(11-5-3-6-12-21)27-13-7-4-8-14-27/h2-17H2,1H3,(H2,22,23,24). The summed E-state index contributed by atoms with van der Waals surface area (Å²) in [5.74, 6) is 3.03. The number of guanidine groups is 1. The van der Waals surface area contributed by atoms with E-state index in [1.165, 1.54) is 70.9 Å². The van der Waals surface area contributed by atoms with Crippen LogP contribution >= 0.6 is 0 Å². The zero-order chi connectivity index (χ0) is 19.2. The van der Waals surface area contributed by atoms with Crippen LogP contribution in [-0.2, 0) is 19.5 Å². The minimum Gasteiger partial charge on any atom is -0.357 e. The second-order valence-electron chi connectivity index (χ2n) is 8.67. The average molecular weight is 388 g/mol. The van der Waals surface area contributed by atoms with E-state index in [1.807, 2.05) is 0 Å². The lowest BCUT2D eigenvalue weighted by atomic mass is 9.79. The highest BCUT2D eigenvalue weighted by Crippen LogP contribution is 2.35. The molecule has 3 aliphatic rings. The molecule has 0 amide bonds. The second kappa shape index (κ2) is 9.25. The van der Waals surface area contributed by atoms with E-state index in [1.54, 1.807) is 0 Å². The third-order valence-corrected chi connectivity index (χ3v) is 6.80. The molecule has 2 N–H and O–H groups in total. The summed E-state index contributed by atoms with van der Waals surface area (Å²) in [7, 11) is 0. The Morgan fingerprint density at radius 3 is 2.54 bits per heavy atom. The monoisotopic (exact) mass is 387 g/mol. The number of aliphatic imine (C=N–C) groups is 1. The van der Waals surface area contributed by atoms with Gasteiger partial charge in [-0.2, -0.15) is 0 Å². The van der Waals surface area contributed by atoms with Crippen LogP contribution in [0.15, 0.2) is 4.99 Å². The molecule has 1 saturated carbocycles. The Balaban J connectivity index is 1.42. The number of aryl methyl sites for hydroxylation is 1. The van der Waals surface area contributed by atoms with Gasteiger partial charge in [-0.25, -0.2) is 4.99 Å². The number of rotatable bonds is 6. The molecule has 2 aliphatic heterocycles. The molecule has 1 saturated heterocycles. The van der Waals surface area contributed by atoms with E-state index < -0.39 is 0 Å². The van der Waals surface area contributed by atoms with Crippen molar-refractivity contribution in [1.82, 2.24) is 30.3 Å². The van der Waals surface area contributed by atoms with Gasteiger partial charge < -0.3 is 15.2 Å². The molecule has 7 nitrogen and oxygen atoms in total. The molecule has 1 aliphatic carbocycles. The Bertz CT molecular complexity index is 654. The Morgan fingerprint density at radius 2 is 1.75 bits per heavy atom. The predicted molar refractivity (Wildman–Crippen MR) is 112 cm³/mol. The van der Waals surface area contributed by atoms with E-state index in [0.29, 0.717) is 12.1 Å². The first-order valence-electron chi connectivity index (χ1n) is 11.5. The van der Waals surface area contributed by atoms with Gasteiger partial charge in [0.15, 0.2) is 11.8 Å². The largest absolute Gasteiger partial charge is 0.357 e. The van der Waals surface area contributed by atoms with Gasteiger partial charge in [-0.05, 0) is 52.1 Å². The first-order chi connectivity index (χ1) is 13.8. The maximum absolute atomic E-state index is 4.85. The van der Waals surface area contributed by atoms with Gasteiger partial charge in [-0.1, -0.05) is 25.7 Å². The molecule has 2 fully saturated rings. The summed E-state index contributed by atoms with van der Waals surface area (Å²) in [6, 6.07) is 0. The third-order valence-electron chi connectivity index (χ3n) is 6.80. The number of fused-ring (bicyclic) bond motifs is 1. The molecule has 1 aromatic heterocycles. The Kier molecular flexibility index (Phi) is 6.50. The second-order valence-corrected chi connectivity index (χ2v) is 8.67. The zero-order valence-corrected chi connectivity index (χ0v) is 17.5. The van der Waals surface area contributed by atoms with E-state index in [-0.39, 0.29) is 0 Å². The van der Waals surface area contributed by atoms with Gasteiger partial charge in [0.05, 0.1) is 0 Å². The molecular formula is C21H37N7. The van der Waals surface area contributed by atoms with Crippen molar-refractivity contribution in [2.45, 2.75) is 89.8 Å². The third kappa shape index (κ3) is 4.34. The Labute approximate surface area is 169 Å². The summed E-state index contributed by atoms with van der Waals surface area (Å²) in [5.41, 5.74) is 0.310. The van der Waals surface area contributed by atoms with Gasteiger partial charge in [0, 0.05) is 31.6 Å². The van der Waals surface area contributed by atoms with Gasteiger partial charge in [-0.15, -0.1) is 10.2 Å². The predicted octanol–water partition coefficient (Wildman–Crippen LogP) is 2.47. The number of likely N-dealkylation sites (tertiary alicyclic amines) is 1. The summed E-state index contributed by atoms with van der Waals surface area (Å²) in [6.07, 6.45) is 13.1. The molecule has 4 rings (SSSR count). The van der Waals surface area contributed by atoms with Gasteiger partial charge in [-0.3, -0.25) is 4.90 Å². The topological polar surface area (TPSA) is 70.4 Å². The maximum Gasteiger partial charge on any atom is 0.191 e. The Hall–Kier alpha value is -1.63. The van der Waals surface area contributed by atoms with Crippen LogP contribution in [0.2, 0.25) is 0 Å². The van der Waals surface area contributed by atoms with Crippen molar-refractivity contribution in [3.63, 3.8) is 0 Å². The maximum atomic E-state index is 4.85. The fourth-order valence-corrected chi connectivity index (χ4v) is 5.25. The van der Waals surface area contributed by atoms with Crippen LogP contribution in [0.1, 0.15) is 76.4 Å². The number of nitrogens with zero attached hydrogens (tertiary/aromatic N) is 5. The van der Waals surface area contributed by atoms with Crippen LogP contribution in [0.25, 0.3) is 0 Å². The summed E-state index contributed by atoms with van der Waals surface area (Å²) < 4.78 is 2.24. The fraction of sp³-hybridized carbons (Fsp3) is 0.857. The van der Waals surface area contributed by atoms with Crippen LogP contribution in [-0.4, -0.2) is 57.3 Å². The molecule has 0 atom stereocenters. The highest BCUT2D eigenvalue weighted by molar-refractivity contribution is 5.79. The highest BCUT2D eigenvalue weighted by Gasteiger charge is 2.38. The van der Waals surface area contributed by atoms with Crippen LogP contribution in [0.5, 0.6) is 0 Å². The molecule has 3 heterocycles. The van der Waals surface area contributed by atoms with Crippen molar-refractivity contribution in [3.05, 3.63) is 11.6 Å². The van der Waals surface area contributed by atoms with Crippen LogP contribution in [0, 0.1) is 0 Å². The number of hydrogen-bond donors (Lipinski definition) is 2. The Morgan fingerprint density at radius 1 is 0.964 bits per heavy atom. The minimum atomic E-state index is 0.310. The van der Waals surface area contributed by atoms with Crippen LogP contribution in [0.3, 0.4) is 0 Å². The van der Waals surface area contributed by atoms with Gasteiger partial charge in [0.2, 0.25) is 0 Å². The van der Waals surface area contributed by atoms with Crippen molar-refractivity contribution >= 4 is 5.96 Å². The van der Waals surface area contributed by atoms with Gasteiger partial charge >= 0.3 is 0 Å². The summed E-state index contributed by atoms with van der Waals surface area (Å²) >= 11 is 0. The van der Waals surface area contributed by atoms with Gasteiger partial charge in [0.1, 0.15) is 12.4 Å². The quantitative estimate of drug-likeness (QED) is 0.580. The van der Waals surface area contributed by atoms with Crippen molar-refractivity contribution in [3.8, 4) is 0 Å². The van der Waals surface area contributed by atoms with Crippen molar-refractivity contribution < 1.29 is 0 Å². The van der Waals surface area contributed by atoms with Crippen molar-refractivity contribution in [1.29, 1.82) is 0 Å². The molecule has 0 spiro atoms. The van der Waals surface area contributed by atoms with Crippen molar-refractivity contribution in [2.24, 2.45) is 4.99 Å². The smallest absolute Gasteiger partial charge is 0.191 e. The lowest BCUT2D eigenvalue weighted by molar-refractivity contribution is 0.0368. The highest BCUT2D eigenvalue weighted by atomic mass is 15.3. The number of nitrogens with one attached hydrogen (secondary N) is 2. The molecule has 156 valence electrons. The lowest BCUT2D eigenvalue weighted by Gasteiger charge is -2.48. The average Bonchev–Trinajstić information content (AvgIpc) is 3.36. The molecule has 0 radical (unpaired) electrons. The molecule has 28 heavy (non-hydrogen) atoms. The molecular weight excluding hydrogens is 350 g/mol. The van der Waals surface area contributed by atoms with Gasteiger partial charge in [0.25, 0.3) is 0 Å².